The van der Waals surface area contributed by atoms with Crippen molar-refractivity contribution in [2.45, 2.75) is 35.6 Å². The van der Waals surface area contributed by atoms with E-state index < -0.39 is 19.9 Å². The van der Waals surface area contributed by atoms with Crippen LogP contribution in [0.3, 0.4) is 0 Å². The van der Waals surface area contributed by atoms with Crippen LogP contribution in [0.15, 0.2) is 64.4 Å². The van der Waals surface area contributed by atoms with Crippen LogP contribution < -0.4 is 4.72 Å². The number of piperidine rings is 1. The smallest absolute Gasteiger partial charge is 0.240 e. The molecule has 1 aliphatic heterocycles. The minimum atomic E-state index is -3.84. The predicted molar refractivity (Wildman–Crippen MR) is 114 cm³/mol. The molecule has 0 spiro atoms. The van der Waals surface area contributed by atoms with E-state index in [1.807, 2.05) is 30.3 Å². The molecule has 1 atom stereocenters. The largest absolute Gasteiger partial charge is 0.295 e. The Morgan fingerprint density at radius 2 is 1.59 bits per heavy atom. The molecule has 0 aromatic heterocycles. The molecule has 2 aromatic rings. The van der Waals surface area contributed by atoms with Crippen molar-refractivity contribution < 1.29 is 16.8 Å². The lowest BCUT2D eigenvalue weighted by Gasteiger charge is -2.37. The van der Waals surface area contributed by atoms with E-state index in [9.17, 15) is 16.8 Å². The average molecular weight is 437 g/mol. The zero-order valence-corrected chi connectivity index (χ0v) is 18.4. The molecule has 6 nitrogen and oxygen atoms in total. The first-order valence-electron chi connectivity index (χ1n) is 9.75. The Balaban J connectivity index is 1.81. The van der Waals surface area contributed by atoms with Gasteiger partial charge in [0, 0.05) is 18.8 Å². The second-order valence-corrected chi connectivity index (χ2v) is 11.5. The summed E-state index contributed by atoms with van der Waals surface area (Å²) in [6.07, 6.45) is 3.24. The van der Waals surface area contributed by atoms with Gasteiger partial charge in [-0.15, -0.1) is 0 Å². The van der Waals surface area contributed by atoms with Crippen LogP contribution in [0.4, 0.5) is 0 Å². The van der Waals surface area contributed by atoms with Crippen LogP contribution in [0, 0.1) is 5.92 Å². The zero-order valence-electron chi connectivity index (χ0n) is 16.8. The number of hydrogen-bond acceptors (Lipinski definition) is 5. The summed E-state index contributed by atoms with van der Waals surface area (Å²) in [5, 5.41) is 0. The quantitative estimate of drug-likeness (QED) is 0.722. The van der Waals surface area contributed by atoms with E-state index in [-0.39, 0.29) is 22.4 Å². The van der Waals surface area contributed by atoms with Crippen LogP contribution >= 0.6 is 0 Å². The fraction of sp³-hybridized carbons (Fsp3) is 0.429. The second-order valence-electron chi connectivity index (χ2n) is 7.74. The zero-order chi connectivity index (χ0) is 21.1. The van der Waals surface area contributed by atoms with Gasteiger partial charge in [0.05, 0.1) is 9.79 Å². The van der Waals surface area contributed by atoms with Crippen LogP contribution in [0.2, 0.25) is 0 Å². The van der Waals surface area contributed by atoms with Gasteiger partial charge in [0.15, 0.2) is 9.84 Å². The standard InChI is InChI=1S/C21H28N2O4S2/c1-17-11-13-23(14-12-17)21(18-7-4-3-5-8-18)16-22-29(26,27)20-10-6-9-19(15-20)28(2,24)25/h3-10,15,17,21-22H,11-14,16H2,1-2H3. The lowest BCUT2D eigenvalue weighted by Crippen LogP contribution is -2.41. The number of nitrogens with zero attached hydrogens (tertiary/aromatic N) is 1. The molecule has 0 radical (unpaired) electrons. The summed E-state index contributed by atoms with van der Waals surface area (Å²) in [4.78, 5) is 2.27. The number of rotatable bonds is 7. The van der Waals surface area contributed by atoms with Crippen LogP contribution in [-0.2, 0) is 19.9 Å². The lowest BCUT2D eigenvalue weighted by atomic mass is 9.96. The number of sulfonamides is 1. The van der Waals surface area contributed by atoms with Gasteiger partial charge < -0.3 is 0 Å². The fourth-order valence-corrected chi connectivity index (χ4v) is 5.44. The summed E-state index contributed by atoms with van der Waals surface area (Å²) in [6.45, 7) is 4.31. The van der Waals surface area contributed by atoms with Crippen molar-refractivity contribution in [3.05, 3.63) is 60.2 Å². The average Bonchev–Trinajstić information content (AvgIpc) is 2.70. The third kappa shape index (κ3) is 5.66. The maximum Gasteiger partial charge on any atom is 0.240 e. The van der Waals surface area contributed by atoms with Gasteiger partial charge in [-0.25, -0.2) is 21.6 Å². The van der Waals surface area contributed by atoms with Gasteiger partial charge in [0.1, 0.15) is 0 Å². The molecule has 0 saturated carbocycles. The Kier molecular flexibility index (Phi) is 6.78. The molecule has 29 heavy (non-hydrogen) atoms. The van der Waals surface area contributed by atoms with E-state index in [4.69, 9.17) is 0 Å². The number of hydrogen-bond donors (Lipinski definition) is 1. The van der Waals surface area contributed by atoms with Gasteiger partial charge in [-0.2, -0.15) is 0 Å². The van der Waals surface area contributed by atoms with Crippen molar-refractivity contribution in [2.75, 3.05) is 25.9 Å². The number of nitrogens with one attached hydrogen (secondary N) is 1. The molecule has 1 aliphatic rings. The van der Waals surface area contributed by atoms with Crippen molar-refractivity contribution in [1.82, 2.24) is 9.62 Å². The van der Waals surface area contributed by atoms with Crippen molar-refractivity contribution in [3.63, 3.8) is 0 Å². The highest BCUT2D eigenvalue weighted by Crippen LogP contribution is 2.27. The molecule has 1 unspecified atom stereocenters. The summed E-state index contributed by atoms with van der Waals surface area (Å²) in [5.41, 5.74) is 1.06. The van der Waals surface area contributed by atoms with Gasteiger partial charge in [0.25, 0.3) is 0 Å². The van der Waals surface area contributed by atoms with Gasteiger partial charge in [-0.3, -0.25) is 4.90 Å². The SMILES string of the molecule is CC1CCN(C(CNS(=O)(=O)c2cccc(S(C)(=O)=O)c2)c2ccccc2)CC1. The predicted octanol–water partition coefficient (Wildman–Crippen LogP) is 2.84. The number of benzene rings is 2. The van der Waals surface area contributed by atoms with Gasteiger partial charge in [-0.05, 0) is 55.6 Å². The molecule has 1 saturated heterocycles. The summed E-state index contributed by atoms with van der Waals surface area (Å²) in [7, 11) is -7.32. The highest BCUT2D eigenvalue weighted by Gasteiger charge is 2.26. The maximum absolute atomic E-state index is 12.9. The van der Waals surface area contributed by atoms with Crippen molar-refractivity contribution >= 4 is 19.9 Å². The van der Waals surface area contributed by atoms with Gasteiger partial charge in [-0.1, -0.05) is 43.3 Å². The normalized spacial score (nSPS) is 17.9. The van der Waals surface area contributed by atoms with Crippen molar-refractivity contribution in [2.24, 2.45) is 5.92 Å². The van der Waals surface area contributed by atoms with Crippen LogP contribution in [0.1, 0.15) is 31.4 Å². The summed E-state index contributed by atoms with van der Waals surface area (Å²) < 4.78 is 52.0. The topological polar surface area (TPSA) is 83.6 Å². The van der Waals surface area contributed by atoms with Crippen molar-refractivity contribution in [1.29, 1.82) is 0 Å². The molecule has 1 N–H and O–H groups in total. The first-order valence-corrected chi connectivity index (χ1v) is 13.1. The van der Waals surface area contributed by atoms with E-state index in [1.165, 1.54) is 24.3 Å². The summed E-state index contributed by atoms with van der Waals surface area (Å²) in [6, 6.07) is 15.3. The minimum absolute atomic E-state index is 0.00926. The second kappa shape index (κ2) is 8.95. The first kappa shape index (κ1) is 22.0. The molecule has 2 aromatic carbocycles. The van der Waals surface area contributed by atoms with E-state index in [0.717, 1.165) is 37.8 Å². The Morgan fingerprint density at radius 3 is 2.21 bits per heavy atom. The Bertz CT molecular complexity index is 1030. The fourth-order valence-electron chi connectivity index (χ4n) is 3.62. The lowest BCUT2D eigenvalue weighted by molar-refractivity contribution is 0.139. The third-order valence-electron chi connectivity index (χ3n) is 5.45. The molecule has 3 rings (SSSR count). The highest BCUT2D eigenvalue weighted by molar-refractivity contribution is 7.91. The van der Waals surface area contributed by atoms with E-state index in [2.05, 4.69) is 16.5 Å². The first-order chi connectivity index (χ1) is 13.7. The number of likely N-dealkylation sites (tertiary alicyclic amines) is 1. The molecule has 1 heterocycles. The van der Waals surface area contributed by atoms with E-state index in [1.54, 1.807) is 0 Å². The molecule has 0 amide bonds. The highest BCUT2D eigenvalue weighted by atomic mass is 32.2. The van der Waals surface area contributed by atoms with Crippen LogP contribution in [0.5, 0.6) is 0 Å². The maximum atomic E-state index is 12.9. The van der Waals surface area contributed by atoms with Crippen LogP contribution in [0.25, 0.3) is 0 Å². The third-order valence-corrected chi connectivity index (χ3v) is 7.99. The summed E-state index contributed by atoms with van der Waals surface area (Å²) >= 11 is 0. The number of sulfone groups is 1. The Hall–Kier alpha value is -1.74. The molecule has 0 aliphatic carbocycles. The molecule has 158 valence electrons. The Labute approximate surface area is 173 Å². The van der Waals surface area contributed by atoms with Gasteiger partial charge >= 0.3 is 0 Å². The molecule has 1 fully saturated rings. The van der Waals surface area contributed by atoms with E-state index in [0.29, 0.717) is 5.92 Å². The van der Waals surface area contributed by atoms with E-state index >= 15 is 0 Å². The molecular formula is C21H28N2O4S2. The monoisotopic (exact) mass is 436 g/mol. The molecule has 8 heteroatoms. The Morgan fingerprint density at radius 1 is 0.966 bits per heavy atom. The molecular weight excluding hydrogens is 408 g/mol. The van der Waals surface area contributed by atoms with Crippen molar-refractivity contribution in [3.8, 4) is 0 Å². The van der Waals surface area contributed by atoms with Crippen LogP contribution in [-0.4, -0.2) is 47.6 Å². The minimum Gasteiger partial charge on any atom is -0.295 e. The molecule has 0 bridgehead atoms. The summed E-state index contributed by atoms with van der Waals surface area (Å²) in [5.74, 6) is 0.679. The van der Waals surface area contributed by atoms with Gasteiger partial charge in [0.2, 0.25) is 10.0 Å².